The second-order valence-electron chi connectivity index (χ2n) is 7.95. The number of nitrogens with one attached hydrogen (secondary N) is 2. The molecule has 2 fully saturated rings. The number of alkyl carbamates (subject to hydrolysis) is 1. The molecule has 2 aliphatic carbocycles. The smallest absolute Gasteiger partial charge is 0.407 e. The molecule has 8 nitrogen and oxygen atoms in total. The van der Waals surface area contributed by atoms with Crippen LogP contribution in [0.5, 0.6) is 0 Å². The second-order valence-corrected chi connectivity index (χ2v) is 9.01. The van der Waals surface area contributed by atoms with E-state index in [-0.39, 0.29) is 30.1 Å². The Kier molecular flexibility index (Phi) is 5.09. The fourth-order valence-corrected chi connectivity index (χ4v) is 4.38. The van der Waals surface area contributed by atoms with Crippen LogP contribution in [0.25, 0.3) is 0 Å². The van der Waals surface area contributed by atoms with E-state index in [0.717, 1.165) is 42.7 Å². The van der Waals surface area contributed by atoms with E-state index in [2.05, 4.69) is 20.8 Å². The number of anilines is 1. The van der Waals surface area contributed by atoms with Crippen LogP contribution < -0.4 is 10.6 Å². The third-order valence-corrected chi connectivity index (χ3v) is 6.32. The number of carbonyl (C=O) groups excluding carboxylic acids is 2. The maximum absolute atomic E-state index is 12.1. The summed E-state index contributed by atoms with van der Waals surface area (Å²) in [6.45, 7) is 3.84. The third kappa shape index (κ3) is 4.70. The first kappa shape index (κ1) is 18.9. The van der Waals surface area contributed by atoms with E-state index >= 15 is 0 Å². The van der Waals surface area contributed by atoms with Gasteiger partial charge in [-0.05, 0) is 51.9 Å². The summed E-state index contributed by atoms with van der Waals surface area (Å²) in [5.74, 6) is 0.644. The van der Waals surface area contributed by atoms with Crippen molar-refractivity contribution in [1.82, 2.24) is 15.5 Å². The van der Waals surface area contributed by atoms with Gasteiger partial charge in [-0.2, -0.15) is 0 Å². The van der Waals surface area contributed by atoms with Crippen LogP contribution in [0.4, 0.5) is 9.93 Å². The molecule has 0 bridgehead atoms. The zero-order valence-electron chi connectivity index (χ0n) is 16.0. The molecular weight excluding hydrogens is 380 g/mol. The minimum atomic E-state index is -0.314. The number of aromatic nitrogens is 2. The molecule has 0 spiro atoms. The van der Waals surface area contributed by atoms with Crippen molar-refractivity contribution in [2.45, 2.75) is 69.9 Å². The number of hydrogen-bond acceptors (Lipinski definition) is 7. The maximum Gasteiger partial charge on any atom is 0.407 e. The van der Waals surface area contributed by atoms with Crippen molar-refractivity contribution in [2.75, 3.05) is 5.32 Å². The zero-order valence-corrected chi connectivity index (χ0v) is 16.8. The monoisotopic (exact) mass is 404 g/mol. The van der Waals surface area contributed by atoms with E-state index in [9.17, 15) is 9.59 Å². The highest BCUT2D eigenvalue weighted by atomic mass is 32.1. The minimum absolute atomic E-state index is 0.0652. The van der Waals surface area contributed by atoms with Crippen molar-refractivity contribution in [3.63, 3.8) is 0 Å². The van der Waals surface area contributed by atoms with Crippen molar-refractivity contribution in [1.29, 1.82) is 0 Å². The van der Waals surface area contributed by atoms with Crippen LogP contribution in [0.3, 0.4) is 0 Å². The van der Waals surface area contributed by atoms with Gasteiger partial charge in [0.25, 0.3) is 0 Å². The summed E-state index contributed by atoms with van der Waals surface area (Å²) < 4.78 is 10.6. The Labute approximate surface area is 167 Å². The summed E-state index contributed by atoms with van der Waals surface area (Å²) in [5.41, 5.74) is 0.682. The predicted molar refractivity (Wildman–Crippen MR) is 103 cm³/mol. The molecule has 2 aromatic heterocycles. The lowest BCUT2D eigenvalue weighted by atomic mass is 10.1. The molecule has 2 aromatic rings. The van der Waals surface area contributed by atoms with E-state index in [0.29, 0.717) is 16.8 Å². The summed E-state index contributed by atoms with van der Waals surface area (Å²) in [4.78, 5) is 29.5. The molecule has 0 aliphatic heterocycles. The van der Waals surface area contributed by atoms with E-state index < -0.39 is 0 Å². The third-order valence-electron chi connectivity index (χ3n) is 5.25. The molecule has 4 rings (SSSR count). The maximum atomic E-state index is 12.1. The van der Waals surface area contributed by atoms with Gasteiger partial charge in [0.2, 0.25) is 5.91 Å². The van der Waals surface area contributed by atoms with Gasteiger partial charge in [-0.1, -0.05) is 5.16 Å². The fraction of sp³-hybridized carbons (Fsp3) is 0.579. The van der Waals surface area contributed by atoms with Crippen molar-refractivity contribution < 1.29 is 18.8 Å². The van der Waals surface area contributed by atoms with Crippen LogP contribution in [0.15, 0.2) is 16.8 Å². The molecule has 9 heteroatoms. The number of nitrogens with zero attached hydrogens (tertiary/aromatic N) is 2. The van der Waals surface area contributed by atoms with Gasteiger partial charge in [0.15, 0.2) is 5.13 Å². The van der Waals surface area contributed by atoms with Gasteiger partial charge < -0.3 is 19.9 Å². The van der Waals surface area contributed by atoms with Crippen LogP contribution in [0.1, 0.15) is 61.3 Å². The molecule has 0 radical (unpaired) electrons. The van der Waals surface area contributed by atoms with Crippen molar-refractivity contribution in [2.24, 2.45) is 0 Å². The SMILES string of the molecule is Cc1cc(CC(=O)Nc2ncc([C@@H]3CC[C@H](OC(=O)NC4(C)CC4)C3)s2)on1. The summed E-state index contributed by atoms with van der Waals surface area (Å²) in [6.07, 6.45) is 6.16. The van der Waals surface area contributed by atoms with E-state index in [4.69, 9.17) is 9.26 Å². The molecule has 2 amide bonds. The summed E-state index contributed by atoms with van der Waals surface area (Å²) in [7, 11) is 0. The Hall–Kier alpha value is -2.42. The first-order chi connectivity index (χ1) is 13.4. The molecule has 2 N–H and O–H groups in total. The number of amides is 2. The van der Waals surface area contributed by atoms with Gasteiger partial charge in [0, 0.05) is 22.7 Å². The van der Waals surface area contributed by atoms with Gasteiger partial charge in [-0.25, -0.2) is 9.78 Å². The molecule has 0 unspecified atom stereocenters. The summed E-state index contributed by atoms with van der Waals surface area (Å²) >= 11 is 1.47. The van der Waals surface area contributed by atoms with Gasteiger partial charge in [-0.3, -0.25) is 4.79 Å². The average molecular weight is 404 g/mol. The van der Waals surface area contributed by atoms with Gasteiger partial charge in [0.1, 0.15) is 11.9 Å². The molecule has 0 saturated heterocycles. The fourth-order valence-electron chi connectivity index (χ4n) is 3.40. The van der Waals surface area contributed by atoms with Crippen molar-refractivity contribution in [3.05, 3.63) is 28.6 Å². The van der Waals surface area contributed by atoms with Crippen LogP contribution >= 0.6 is 11.3 Å². The van der Waals surface area contributed by atoms with Crippen LogP contribution in [0, 0.1) is 6.92 Å². The number of aryl methyl sites for hydroxylation is 1. The first-order valence-corrected chi connectivity index (χ1v) is 10.4. The van der Waals surface area contributed by atoms with E-state index in [1.165, 1.54) is 11.3 Å². The number of carbonyl (C=O) groups is 2. The quantitative estimate of drug-likeness (QED) is 0.763. The molecule has 2 atom stereocenters. The summed E-state index contributed by atoms with van der Waals surface area (Å²) in [6, 6.07) is 1.74. The lowest BCUT2D eigenvalue weighted by Gasteiger charge is -2.16. The largest absolute Gasteiger partial charge is 0.446 e. The normalized spacial score (nSPS) is 22.6. The Morgan fingerprint density at radius 3 is 2.93 bits per heavy atom. The Morgan fingerprint density at radius 1 is 1.39 bits per heavy atom. The molecule has 150 valence electrons. The van der Waals surface area contributed by atoms with Crippen LogP contribution in [-0.4, -0.2) is 33.8 Å². The van der Waals surface area contributed by atoms with Gasteiger partial charge >= 0.3 is 6.09 Å². The number of thiazole rings is 1. The van der Waals surface area contributed by atoms with E-state index in [1.807, 2.05) is 13.8 Å². The van der Waals surface area contributed by atoms with Crippen LogP contribution in [-0.2, 0) is 16.0 Å². The zero-order chi connectivity index (χ0) is 19.7. The molecular formula is C19H24N4O4S. The highest BCUT2D eigenvalue weighted by Crippen LogP contribution is 2.40. The Bertz CT molecular complexity index is 873. The number of rotatable bonds is 6. The molecule has 2 heterocycles. The highest BCUT2D eigenvalue weighted by Gasteiger charge is 2.40. The highest BCUT2D eigenvalue weighted by molar-refractivity contribution is 7.15. The van der Waals surface area contributed by atoms with Crippen molar-refractivity contribution >= 4 is 28.5 Å². The predicted octanol–water partition coefficient (Wildman–Crippen LogP) is 3.54. The first-order valence-electron chi connectivity index (χ1n) is 9.55. The number of ether oxygens (including phenoxy) is 1. The molecule has 2 saturated carbocycles. The standard InChI is InChI=1S/C19H24N4O4S/c1-11-7-14(27-23-11)9-16(24)21-17-20-10-15(28-17)12-3-4-13(8-12)26-18(25)22-19(2)5-6-19/h7,10,12-13H,3-6,8-9H2,1-2H3,(H,22,25)(H,20,21,24)/t12-,13+/m1/s1. The van der Waals surface area contributed by atoms with Crippen molar-refractivity contribution in [3.8, 4) is 0 Å². The molecule has 28 heavy (non-hydrogen) atoms. The van der Waals surface area contributed by atoms with Gasteiger partial charge in [-0.15, -0.1) is 11.3 Å². The topological polar surface area (TPSA) is 106 Å². The Morgan fingerprint density at radius 2 is 2.21 bits per heavy atom. The lowest BCUT2D eigenvalue weighted by Crippen LogP contribution is -2.36. The number of hydrogen-bond donors (Lipinski definition) is 2. The molecule has 0 aromatic carbocycles. The minimum Gasteiger partial charge on any atom is -0.446 e. The average Bonchev–Trinajstić information content (AvgIpc) is 3.05. The molecule has 2 aliphatic rings. The van der Waals surface area contributed by atoms with E-state index in [1.54, 1.807) is 12.3 Å². The van der Waals surface area contributed by atoms with Gasteiger partial charge in [0.05, 0.1) is 12.1 Å². The van der Waals surface area contributed by atoms with Crippen LogP contribution in [0.2, 0.25) is 0 Å². The lowest BCUT2D eigenvalue weighted by molar-refractivity contribution is -0.115. The Balaban J connectivity index is 1.26. The second kappa shape index (κ2) is 7.54. The summed E-state index contributed by atoms with van der Waals surface area (Å²) in [5, 5.41) is 10.1.